The Morgan fingerprint density at radius 2 is 1.65 bits per heavy atom. The summed E-state index contributed by atoms with van der Waals surface area (Å²) in [6.07, 6.45) is 3.49. The van der Waals surface area contributed by atoms with E-state index in [1.165, 1.54) is 5.56 Å². The molecule has 5 heteroatoms. The molecule has 0 aliphatic rings. The average Bonchev–Trinajstić information content (AvgIpc) is 3.31. The van der Waals surface area contributed by atoms with Gasteiger partial charge in [0.05, 0.1) is 11.2 Å². The minimum Gasteiger partial charge on any atom is -0.505 e. The predicted octanol–water partition coefficient (Wildman–Crippen LogP) is 8.19. The molecule has 0 amide bonds. The molecule has 6 rings (SSSR count). The summed E-state index contributed by atoms with van der Waals surface area (Å²) in [6, 6.07) is 32.6. The van der Waals surface area contributed by atoms with Gasteiger partial charge in [-0.05, 0) is 53.9 Å². The number of aromatic hydroxyl groups is 1. The second-order valence-electron chi connectivity index (χ2n) is 10.6. The number of hydrogen-bond acceptors (Lipinski definition) is 3. The van der Waals surface area contributed by atoms with Crippen LogP contribution in [-0.2, 0) is 39.3 Å². The van der Waals surface area contributed by atoms with Gasteiger partial charge in [-0.2, -0.15) is 0 Å². The molecule has 0 fully saturated rings. The third kappa shape index (κ3) is 4.65. The van der Waals surface area contributed by atoms with Crippen molar-refractivity contribution in [3.63, 3.8) is 0 Å². The van der Waals surface area contributed by atoms with E-state index in [1.807, 2.05) is 24.4 Å². The van der Waals surface area contributed by atoms with Crippen molar-refractivity contribution in [1.82, 2.24) is 14.5 Å². The van der Waals surface area contributed by atoms with Gasteiger partial charge in [-0.25, -0.2) is 0 Å². The van der Waals surface area contributed by atoms with Crippen LogP contribution in [0.1, 0.15) is 50.1 Å². The average molecular weight is 706 g/mol. The van der Waals surface area contributed by atoms with Crippen LogP contribution in [0.4, 0.5) is 0 Å². The van der Waals surface area contributed by atoms with Gasteiger partial charge in [0.25, 0.3) is 0 Å². The van der Waals surface area contributed by atoms with E-state index in [-0.39, 0.29) is 26.5 Å². The zero-order valence-electron chi connectivity index (χ0n) is 23.2. The van der Waals surface area contributed by atoms with Crippen LogP contribution in [0.2, 0.25) is 0 Å². The third-order valence-electron chi connectivity index (χ3n) is 7.83. The summed E-state index contributed by atoms with van der Waals surface area (Å²) in [5, 5.41) is 13.5. The van der Waals surface area contributed by atoms with E-state index in [1.54, 1.807) is 0 Å². The van der Waals surface area contributed by atoms with Crippen molar-refractivity contribution < 1.29 is 26.2 Å². The Morgan fingerprint density at radius 1 is 0.850 bits per heavy atom. The predicted molar refractivity (Wildman–Crippen MR) is 160 cm³/mol. The van der Waals surface area contributed by atoms with Crippen LogP contribution in [0.25, 0.3) is 38.9 Å². The molecule has 0 atom stereocenters. The minimum absolute atomic E-state index is 0. The Balaban J connectivity index is 0.00000323. The van der Waals surface area contributed by atoms with Gasteiger partial charge in [0, 0.05) is 49.1 Å². The van der Waals surface area contributed by atoms with Gasteiger partial charge in [0.1, 0.15) is 11.4 Å². The summed E-state index contributed by atoms with van der Waals surface area (Å²) < 4.78 is 2.11. The number of fused-ring (bicyclic) bond motifs is 3. The number of aromatic nitrogens is 3. The molecular weight excluding hydrogens is 673 g/mol. The number of pyridine rings is 2. The number of nitrogens with zero attached hydrogens (tertiary/aromatic N) is 3. The van der Waals surface area contributed by atoms with E-state index in [0.29, 0.717) is 5.75 Å². The van der Waals surface area contributed by atoms with E-state index in [0.717, 1.165) is 68.5 Å². The molecular formula is C35H32N3OPt-. The van der Waals surface area contributed by atoms with Crippen molar-refractivity contribution in [2.45, 2.75) is 46.0 Å². The number of phenols is 1. The van der Waals surface area contributed by atoms with Gasteiger partial charge in [-0.15, -0.1) is 35.4 Å². The molecule has 0 spiro atoms. The van der Waals surface area contributed by atoms with Crippen LogP contribution in [0.15, 0.2) is 91.1 Å². The summed E-state index contributed by atoms with van der Waals surface area (Å²) >= 11 is 0. The molecule has 0 bridgehead atoms. The van der Waals surface area contributed by atoms with Crippen LogP contribution >= 0.6 is 0 Å². The van der Waals surface area contributed by atoms with Crippen LogP contribution in [0, 0.1) is 6.07 Å². The summed E-state index contributed by atoms with van der Waals surface area (Å²) in [4.78, 5) is 9.83. The number of rotatable bonds is 6. The molecule has 0 aliphatic carbocycles. The van der Waals surface area contributed by atoms with Crippen LogP contribution in [0.5, 0.6) is 5.75 Å². The molecule has 4 nitrogen and oxygen atoms in total. The second-order valence-corrected chi connectivity index (χ2v) is 10.6. The first-order valence-corrected chi connectivity index (χ1v) is 13.6. The molecule has 6 aromatic rings. The number of hydrogen-bond donors (Lipinski definition) is 1. The van der Waals surface area contributed by atoms with Crippen molar-refractivity contribution in [1.29, 1.82) is 0 Å². The van der Waals surface area contributed by atoms with Crippen molar-refractivity contribution >= 4 is 21.9 Å². The van der Waals surface area contributed by atoms with Gasteiger partial charge in [-0.1, -0.05) is 70.2 Å². The van der Waals surface area contributed by atoms with Crippen molar-refractivity contribution in [3.05, 3.63) is 120 Å². The number of phenolic OH excluding ortho intramolecular Hbond substituents is 1. The molecule has 0 radical (unpaired) electrons. The third-order valence-corrected chi connectivity index (χ3v) is 7.83. The van der Waals surface area contributed by atoms with Gasteiger partial charge >= 0.3 is 0 Å². The van der Waals surface area contributed by atoms with E-state index >= 15 is 0 Å². The summed E-state index contributed by atoms with van der Waals surface area (Å²) in [5.74, 6) is 0.315. The summed E-state index contributed by atoms with van der Waals surface area (Å²) in [7, 11) is 0. The molecule has 0 unspecified atom stereocenters. The first-order chi connectivity index (χ1) is 18.9. The van der Waals surface area contributed by atoms with Crippen molar-refractivity contribution in [2.24, 2.45) is 0 Å². The maximum absolute atomic E-state index is 11.4. The van der Waals surface area contributed by atoms with E-state index in [4.69, 9.17) is 4.98 Å². The number of aryl methyl sites for hydroxylation is 2. The van der Waals surface area contributed by atoms with Gasteiger partial charge in [-0.3, -0.25) is 14.5 Å². The fraction of sp³-hybridized carbons (Fsp3) is 0.200. The molecule has 3 heterocycles. The number of para-hydroxylation sites is 1. The SMILES string of the molecule is CCc1cc(CC)c(O)c(-n2c3ccccc3c3ccc(-c4[c-]c(C(C)(C)c5ccccn5)ccc4)nc32)c1.[Pt]. The maximum Gasteiger partial charge on any atom is 0.142 e. The fourth-order valence-corrected chi connectivity index (χ4v) is 5.47. The Morgan fingerprint density at radius 3 is 2.40 bits per heavy atom. The zero-order chi connectivity index (χ0) is 27.1. The Labute approximate surface area is 250 Å². The second kappa shape index (κ2) is 11.0. The van der Waals surface area contributed by atoms with Gasteiger partial charge in [0.2, 0.25) is 0 Å². The van der Waals surface area contributed by atoms with Crippen LogP contribution in [0.3, 0.4) is 0 Å². The number of benzene rings is 3. The van der Waals surface area contributed by atoms with Crippen molar-refractivity contribution in [2.75, 3.05) is 0 Å². The normalized spacial score (nSPS) is 11.6. The first kappa shape index (κ1) is 27.8. The summed E-state index contributed by atoms with van der Waals surface area (Å²) in [5.41, 5.74) is 8.28. The molecule has 40 heavy (non-hydrogen) atoms. The minimum atomic E-state index is -0.306. The van der Waals surface area contributed by atoms with E-state index in [9.17, 15) is 5.11 Å². The maximum atomic E-state index is 11.4. The molecule has 1 N–H and O–H groups in total. The largest absolute Gasteiger partial charge is 0.505 e. The molecule has 3 aromatic carbocycles. The first-order valence-electron chi connectivity index (χ1n) is 13.6. The van der Waals surface area contributed by atoms with Crippen LogP contribution in [-0.4, -0.2) is 19.6 Å². The molecule has 3 aromatic heterocycles. The van der Waals surface area contributed by atoms with Crippen LogP contribution < -0.4 is 0 Å². The molecule has 0 saturated heterocycles. The fourth-order valence-electron chi connectivity index (χ4n) is 5.47. The van der Waals surface area contributed by atoms with Gasteiger partial charge < -0.3 is 5.11 Å². The Bertz CT molecular complexity index is 1820. The standard InChI is InChI=1S/C35H32N3O.Pt/c1-5-23-20-24(6-2)33(39)31(21-23)38-30-15-8-7-14-27(30)28-17-18-29(37-34(28)38)25-12-11-13-26(22-25)35(3,4)32-16-9-10-19-36-32;/h7-21,39H,5-6H2,1-4H3;/q-1;. The Hall–Kier alpha value is -3.75. The van der Waals surface area contributed by atoms with Crippen molar-refractivity contribution in [3.8, 4) is 22.7 Å². The van der Waals surface area contributed by atoms with E-state index in [2.05, 4.69) is 110 Å². The zero-order valence-corrected chi connectivity index (χ0v) is 25.5. The molecule has 204 valence electrons. The van der Waals surface area contributed by atoms with E-state index < -0.39 is 0 Å². The topological polar surface area (TPSA) is 50.9 Å². The summed E-state index contributed by atoms with van der Waals surface area (Å²) in [6.45, 7) is 8.57. The quantitative estimate of drug-likeness (QED) is 0.178. The monoisotopic (exact) mass is 705 g/mol. The Kier molecular flexibility index (Phi) is 7.66. The molecule has 0 saturated carbocycles. The van der Waals surface area contributed by atoms with Gasteiger partial charge in [0.15, 0.2) is 0 Å². The smallest absolute Gasteiger partial charge is 0.142 e. The molecule has 0 aliphatic heterocycles.